The van der Waals surface area contributed by atoms with E-state index in [1.807, 2.05) is 18.2 Å². The Morgan fingerprint density at radius 3 is 2.83 bits per heavy atom. The van der Waals surface area contributed by atoms with Crippen molar-refractivity contribution >= 4 is 50.6 Å². The number of thiophene rings is 1. The lowest BCUT2D eigenvalue weighted by atomic mass is 9.96. The molecule has 35 heavy (non-hydrogen) atoms. The van der Waals surface area contributed by atoms with Gasteiger partial charge in [-0.25, -0.2) is 9.78 Å². The molecular weight excluding hydrogens is 466 g/mol. The third-order valence-corrected chi connectivity index (χ3v) is 7.93. The monoisotopic (exact) mass is 493 g/mol. The first-order valence-corrected chi connectivity index (χ1v) is 12.8. The summed E-state index contributed by atoms with van der Waals surface area (Å²) in [7, 11) is 1.58. The molecule has 1 saturated heterocycles. The number of anilines is 3. The summed E-state index contributed by atoms with van der Waals surface area (Å²) in [6.07, 6.45) is 7.16. The normalized spacial score (nSPS) is 19.7. The third kappa shape index (κ3) is 3.96. The summed E-state index contributed by atoms with van der Waals surface area (Å²) < 4.78 is 11.7. The van der Waals surface area contributed by atoms with E-state index < -0.39 is 0 Å². The highest BCUT2D eigenvalue weighted by molar-refractivity contribution is 7.21. The van der Waals surface area contributed by atoms with Crippen LogP contribution in [0.5, 0.6) is 11.5 Å². The molecule has 3 aliphatic rings. The van der Waals surface area contributed by atoms with Crippen LogP contribution >= 0.6 is 11.3 Å². The molecule has 6 rings (SSSR count). The molecule has 1 saturated carbocycles. The second-order valence-corrected chi connectivity index (χ2v) is 10.1. The summed E-state index contributed by atoms with van der Waals surface area (Å²) in [4.78, 5) is 33.8. The number of benzene rings is 1. The van der Waals surface area contributed by atoms with Gasteiger partial charge in [-0.05, 0) is 56.8 Å². The van der Waals surface area contributed by atoms with Crippen molar-refractivity contribution < 1.29 is 19.1 Å². The van der Waals surface area contributed by atoms with Gasteiger partial charge in [0.1, 0.15) is 21.2 Å². The number of amides is 3. The number of hydrogen-bond donors (Lipinski definition) is 3. The van der Waals surface area contributed by atoms with Crippen LogP contribution in [-0.4, -0.2) is 49.3 Å². The summed E-state index contributed by atoms with van der Waals surface area (Å²) in [5.74, 6) is 1.06. The first-order valence-electron chi connectivity index (χ1n) is 12.0. The number of urea groups is 1. The number of pyridine rings is 1. The number of rotatable bonds is 6. The van der Waals surface area contributed by atoms with E-state index in [-0.39, 0.29) is 24.1 Å². The average molecular weight is 494 g/mol. The van der Waals surface area contributed by atoms with Gasteiger partial charge >= 0.3 is 6.03 Å². The van der Waals surface area contributed by atoms with E-state index in [0.29, 0.717) is 32.5 Å². The molecule has 0 unspecified atom stereocenters. The highest BCUT2D eigenvalue weighted by atomic mass is 32.1. The van der Waals surface area contributed by atoms with Crippen LogP contribution in [0, 0.1) is 0 Å². The van der Waals surface area contributed by atoms with Gasteiger partial charge in [0.2, 0.25) is 0 Å². The third-order valence-electron chi connectivity index (χ3n) is 6.83. The van der Waals surface area contributed by atoms with Gasteiger partial charge in [0.15, 0.2) is 0 Å². The van der Waals surface area contributed by atoms with E-state index in [9.17, 15) is 9.59 Å². The maximum Gasteiger partial charge on any atom is 0.331 e. The minimum absolute atomic E-state index is 0.0711. The van der Waals surface area contributed by atoms with Crippen LogP contribution in [0.2, 0.25) is 0 Å². The molecule has 3 amide bonds. The fourth-order valence-corrected chi connectivity index (χ4v) is 5.83. The van der Waals surface area contributed by atoms with E-state index in [2.05, 4.69) is 20.9 Å². The molecule has 0 bridgehead atoms. The quantitative estimate of drug-likeness (QED) is 0.470. The second kappa shape index (κ2) is 9.01. The van der Waals surface area contributed by atoms with Crippen LogP contribution in [0.3, 0.4) is 0 Å². The average Bonchev–Trinajstić information content (AvgIpc) is 3.22. The lowest BCUT2D eigenvalue weighted by Crippen LogP contribution is -2.45. The fraction of sp³-hybridized carbons (Fsp3) is 0.400. The van der Waals surface area contributed by atoms with Crippen LogP contribution in [0.1, 0.15) is 41.8 Å². The minimum Gasteiger partial charge on any atom is -0.494 e. The molecule has 0 radical (unpaired) electrons. The van der Waals surface area contributed by atoms with Crippen molar-refractivity contribution in [3.8, 4) is 11.5 Å². The molecule has 2 aromatic heterocycles. The molecule has 9 nitrogen and oxygen atoms in total. The standard InChI is InChI=1S/C25H27N5O4S/c1-33-19-12-16(34-15-5-2-6-15)7-8-17(19)30-18-9-11-27-24-20(18)21(29-25(30)32)22(35-24)23(31)28-14-4-3-10-26-13-14/h7-9,11-12,14-15,26H,2-6,10,13H2,1H3,(H,28,31)(H,29,32)/t14-/m1/s1. The Kier molecular flexibility index (Phi) is 5.69. The number of ether oxygens (including phenoxy) is 2. The summed E-state index contributed by atoms with van der Waals surface area (Å²) in [6, 6.07) is 7.02. The lowest BCUT2D eigenvalue weighted by molar-refractivity contribution is 0.0935. The van der Waals surface area contributed by atoms with Crippen LogP contribution in [-0.2, 0) is 0 Å². The van der Waals surface area contributed by atoms with Gasteiger partial charge in [-0.2, -0.15) is 0 Å². The SMILES string of the molecule is COc1cc(OC2CCC2)ccc1N1C(=O)Nc2c(C(=O)N[C@@H]3CCCNC3)sc3nccc1c23. The maximum atomic E-state index is 13.4. The number of carbonyl (C=O) groups excluding carboxylic acids is 2. The topological polar surface area (TPSA) is 105 Å². The smallest absolute Gasteiger partial charge is 0.331 e. The van der Waals surface area contributed by atoms with Gasteiger partial charge in [0.25, 0.3) is 5.91 Å². The Bertz CT molecular complexity index is 1300. The lowest BCUT2D eigenvalue weighted by Gasteiger charge is -2.30. The maximum absolute atomic E-state index is 13.4. The van der Waals surface area contributed by atoms with Gasteiger partial charge in [-0.15, -0.1) is 11.3 Å². The van der Waals surface area contributed by atoms with Crippen molar-refractivity contribution in [3.63, 3.8) is 0 Å². The molecule has 1 aliphatic carbocycles. The first-order chi connectivity index (χ1) is 17.1. The van der Waals surface area contributed by atoms with Crippen LogP contribution in [0.15, 0.2) is 30.5 Å². The van der Waals surface area contributed by atoms with Crippen LogP contribution in [0.25, 0.3) is 10.2 Å². The van der Waals surface area contributed by atoms with Crippen LogP contribution < -0.4 is 30.3 Å². The highest BCUT2D eigenvalue weighted by Crippen LogP contribution is 2.48. The van der Waals surface area contributed by atoms with Gasteiger partial charge in [0, 0.05) is 24.8 Å². The van der Waals surface area contributed by atoms with E-state index >= 15 is 0 Å². The second-order valence-electron chi connectivity index (χ2n) is 9.10. The van der Waals surface area contributed by atoms with Crippen LogP contribution in [0.4, 0.5) is 21.9 Å². The zero-order valence-corrected chi connectivity index (χ0v) is 20.2. The molecule has 3 N–H and O–H groups in total. The summed E-state index contributed by atoms with van der Waals surface area (Å²) in [5, 5.41) is 10.1. The van der Waals surface area contributed by atoms with Gasteiger partial charge in [-0.3, -0.25) is 9.69 Å². The molecule has 0 spiro atoms. The first kappa shape index (κ1) is 22.1. The van der Waals surface area contributed by atoms with E-state index in [4.69, 9.17) is 9.47 Å². The summed E-state index contributed by atoms with van der Waals surface area (Å²) in [6.45, 7) is 1.71. The largest absolute Gasteiger partial charge is 0.494 e. The molecule has 4 heterocycles. The van der Waals surface area contributed by atoms with Gasteiger partial charge in [-0.1, -0.05) is 0 Å². The Morgan fingerprint density at radius 1 is 1.20 bits per heavy atom. The highest BCUT2D eigenvalue weighted by Gasteiger charge is 2.34. The van der Waals surface area contributed by atoms with Crippen molar-refractivity contribution in [1.82, 2.24) is 15.6 Å². The predicted molar refractivity (Wildman–Crippen MR) is 135 cm³/mol. The molecule has 2 aliphatic heterocycles. The number of methoxy groups -OCH3 is 1. The molecular formula is C25H27N5O4S. The predicted octanol–water partition coefficient (Wildman–Crippen LogP) is 4.40. The summed E-state index contributed by atoms with van der Waals surface area (Å²) in [5.41, 5.74) is 1.77. The van der Waals surface area contributed by atoms with E-state index in [0.717, 1.165) is 49.9 Å². The Labute approximate surface area is 206 Å². The number of piperidine rings is 1. The van der Waals surface area contributed by atoms with Crippen molar-refractivity contribution in [2.75, 3.05) is 30.4 Å². The molecule has 1 atom stereocenters. The number of aromatic nitrogens is 1. The molecule has 3 aromatic rings. The molecule has 182 valence electrons. The Morgan fingerprint density at radius 2 is 2.09 bits per heavy atom. The van der Waals surface area contributed by atoms with Gasteiger partial charge < -0.3 is 25.4 Å². The van der Waals surface area contributed by atoms with Crippen molar-refractivity contribution in [2.24, 2.45) is 0 Å². The molecule has 1 aromatic carbocycles. The Hall–Kier alpha value is -3.37. The minimum atomic E-state index is -0.359. The zero-order chi connectivity index (χ0) is 23.9. The van der Waals surface area contributed by atoms with Crippen molar-refractivity contribution in [1.29, 1.82) is 0 Å². The number of nitrogens with zero attached hydrogens (tertiary/aromatic N) is 2. The van der Waals surface area contributed by atoms with E-state index in [1.165, 1.54) is 17.8 Å². The molecule has 10 heteroatoms. The van der Waals surface area contributed by atoms with Crippen molar-refractivity contribution in [3.05, 3.63) is 35.3 Å². The van der Waals surface area contributed by atoms with Gasteiger partial charge in [0.05, 0.1) is 35.7 Å². The Balaban J connectivity index is 1.36. The fourth-order valence-electron chi connectivity index (χ4n) is 4.81. The van der Waals surface area contributed by atoms with E-state index in [1.54, 1.807) is 24.3 Å². The van der Waals surface area contributed by atoms with Crippen molar-refractivity contribution in [2.45, 2.75) is 44.2 Å². The summed E-state index contributed by atoms with van der Waals surface area (Å²) >= 11 is 1.29. The number of nitrogens with one attached hydrogen (secondary N) is 3. The zero-order valence-electron chi connectivity index (χ0n) is 19.4. The number of hydrogen-bond acceptors (Lipinski definition) is 7. The number of carbonyl (C=O) groups is 2. The molecule has 2 fully saturated rings.